The quantitative estimate of drug-likeness (QED) is 0.382. The minimum atomic E-state index is -0.585. The van der Waals surface area contributed by atoms with Crippen LogP contribution >= 0.6 is 0 Å². The van der Waals surface area contributed by atoms with Gasteiger partial charge in [0.05, 0.1) is 16.9 Å². The maximum absolute atomic E-state index is 12.8. The Labute approximate surface area is 159 Å². The van der Waals surface area contributed by atoms with Gasteiger partial charge in [0.25, 0.3) is 11.6 Å². The first-order valence-corrected chi connectivity index (χ1v) is 8.67. The van der Waals surface area contributed by atoms with E-state index in [1.807, 2.05) is 0 Å². The fourth-order valence-corrected chi connectivity index (χ4v) is 3.67. The lowest BCUT2D eigenvalue weighted by atomic mass is 9.90. The largest absolute Gasteiger partial charge is 0.341 e. The van der Waals surface area contributed by atoms with Crippen molar-refractivity contribution in [3.05, 3.63) is 74.0 Å². The van der Waals surface area contributed by atoms with Gasteiger partial charge < -0.3 is 9.47 Å². The van der Waals surface area contributed by atoms with Crippen LogP contribution in [0.15, 0.2) is 35.5 Å². The van der Waals surface area contributed by atoms with Crippen LogP contribution < -0.4 is 0 Å². The minimum absolute atomic E-state index is 0.0104. The first-order valence-electron chi connectivity index (χ1n) is 8.67. The Kier molecular flexibility index (Phi) is 3.95. The summed E-state index contributed by atoms with van der Waals surface area (Å²) in [6, 6.07) is 6.47. The molecule has 1 fully saturated rings. The zero-order valence-corrected chi connectivity index (χ0v) is 15.3. The highest BCUT2D eigenvalue weighted by atomic mass is 16.6. The summed E-state index contributed by atoms with van der Waals surface area (Å²) in [4.78, 5) is 54.5. The summed E-state index contributed by atoms with van der Waals surface area (Å²) >= 11 is 0. The highest BCUT2D eigenvalue weighted by molar-refractivity contribution is 6.27. The van der Waals surface area contributed by atoms with Gasteiger partial charge in [0.2, 0.25) is 11.6 Å². The number of ketones is 2. The number of rotatable bonds is 3. The van der Waals surface area contributed by atoms with E-state index in [-0.39, 0.29) is 69.9 Å². The minimum Gasteiger partial charge on any atom is -0.341 e. The van der Waals surface area contributed by atoms with Crippen LogP contribution in [0.2, 0.25) is 0 Å². The van der Waals surface area contributed by atoms with Gasteiger partial charge in [0.1, 0.15) is 17.2 Å². The van der Waals surface area contributed by atoms with Gasteiger partial charge in [-0.1, -0.05) is 24.3 Å². The lowest BCUT2D eigenvalue weighted by Gasteiger charge is -2.14. The van der Waals surface area contributed by atoms with Crippen LogP contribution in [0.3, 0.4) is 0 Å². The molecule has 0 unspecified atom stereocenters. The van der Waals surface area contributed by atoms with Gasteiger partial charge in [-0.3, -0.25) is 24.5 Å². The zero-order chi connectivity index (χ0) is 20.2. The van der Waals surface area contributed by atoms with Crippen LogP contribution in [0.1, 0.15) is 44.3 Å². The second-order valence-electron chi connectivity index (χ2n) is 6.82. The molecule has 2 heterocycles. The third-order valence-corrected chi connectivity index (χ3v) is 5.23. The SMILES string of the molecule is CN1CC/C(=C(\Cc2nc3c(n2C)C(=O)c2ccccc2C3=O)[N+](=O)[O-])C1=O. The number of benzene rings is 1. The molecular weight excluding hydrogens is 364 g/mol. The first-order chi connectivity index (χ1) is 13.3. The fourth-order valence-electron chi connectivity index (χ4n) is 3.67. The number of imidazole rings is 1. The van der Waals surface area contributed by atoms with Crippen molar-refractivity contribution >= 4 is 17.5 Å². The predicted molar refractivity (Wildman–Crippen MR) is 96.5 cm³/mol. The monoisotopic (exact) mass is 380 g/mol. The van der Waals surface area contributed by atoms with E-state index < -0.39 is 4.92 Å². The Balaban J connectivity index is 1.81. The second-order valence-corrected chi connectivity index (χ2v) is 6.82. The van der Waals surface area contributed by atoms with Gasteiger partial charge in [-0.05, 0) is 0 Å². The number of amides is 1. The third-order valence-electron chi connectivity index (χ3n) is 5.23. The molecule has 9 nitrogen and oxygen atoms in total. The fraction of sp³-hybridized carbons (Fsp3) is 0.263. The molecule has 1 saturated heterocycles. The van der Waals surface area contributed by atoms with Gasteiger partial charge >= 0.3 is 0 Å². The maximum Gasteiger partial charge on any atom is 0.262 e. The summed E-state index contributed by atoms with van der Waals surface area (Å²) in [5.41, 5.74) is 0.539. The highest BCUT2D eigenvalue weighted by Crippen LogP contribution is 2.29. The summed E-state index contributed by atoms with van der Waals surface area (Å²) in [5.74, 6) is -0.927. The molecule has 0 atom stereocenters. The molecule has 0 spiro atoms. The van der Waals surface area contributed by atoms with E-state index in [1.54, 1.807) is 38.4 Å². The van der Waals surface area contributed by atoms with Crippen molar-refractivity contribution in [3.63, 3.8) is 0 Å². The Bertz CT molecular complexity index is 1110. The van der Waals surface area contributed by atoms with Crippen LogP contribution in [0.5, 0.6) is 0 Å². The van der Waals surface area contributed by atoms with Crippen molar-refractivity contribution in [2.24, 2.45) is 7.05 Å². The number of likely N-dealkylation sites (N-methyl/N-ethyl adjacent to an activating group) is 1. The highest BCUT2D eigenvalue weighted by Gasteiger charge is 2.37. The average molecular weight is 380 g/mol. The van der Waals surface area contributed by atoms with Gasteiger partial charge in [-0.2, -0.15) is 0 Å². The summed E-state index contributed by atoms with van der Waals surface area (Å²) < 4.78 is 1.42. The van der Waals surface area contributed by atoms with E-state index in [2.05, 4.69) is 4.98 Å². The summed E-state index contributed by atoms with van der Waals surface area (Å²) in [5, 5.41) is 11.6. The molecule has 1 aliphatic heterocycles. The van der Waals surface area contributed by atoms with Crippen molar-refractivity contribution in [1.29, 1.82) is 0 Å². The number of carbonyl (C=O) groups excluding carboxylic acids is 3. The molecule has 1 amide bonds. The molecule has 4 rings (SSSR count). The van der Waals surface area contributed by atoms with Crippen LogP contribution in [0.4, 0.5) is 0 Å². The molecule has 0 radical (unpaired) electrons. The number of hydrogen-bond donors (Lipinski definition) is 0. The normalized spacial score (nSPS) is 17.6. The molecule has 0 saturated carbocycles. The Morgan fingerprint density at radius 2 is 1.79 bits per heavy atom. The van der Waals surface area contributed by atoms with Crippen molar-refractivity contribution < 1.29 is 19.3 Å². The van der Waals surface area contributed by atoms with Gasteiger partial charge in [-0.25, -0.2) is 4.98 Å². The van der Waals surface area contributed by atoms with Gasteiger partial charge in [-0.15, -0.1) is 0 Å². The van der Waals surface area contributed by atoms with E-state index in [4.69, 9.17) is 0 Å². The molecule has 142 valence electrons. The second kappa shape index (κ2) is 6.22. The van der Waals surface area contributed by atoms with Gasteiger partial charge in [0.15, 0.2) is 0 Å². The van der Waals surface area contributed by atoms with E-state index in [0.29, 0.717) is 6.54 Å². The van der Waals surface area contributed by atoms with Crippen LogP contribution in [-0.4, -0.2) is 50.4 Å². The van der Waals surface area contributed by atoms with Crippen molar-refractivity contribution in [1.82, 2.24) is 14.5 Å². The van der Waals surface area contributed by atoms with Crippen molar-refractivity contribution in [2.45, 2.75) is 12.8 Å². The summed E-state index contributed by atoms with van der Waals surface area (Å²) in [6.45, 7) is 0.412. The lowest BCUT2D eigenvalue weighted by molar-refractivity contribution is -0.428. The van der Waals surface area contributed by atoms with E-state index in [1.165, 1.54) is 9.47 Å². The first kappa shape index (κ1) is 17.8. The predicted octanol–water partition coefficient (Wildman–Crippen LogP) is 1.13. The number of likely N-dealkylation sites (tertiary alicyclic amines) is 1. The molecule has 2 aliphatic rings. The molecule has 9 heteroatoms. The van der Waals surface area contributed by atoms with Crippen LogP contribution in [0.25, 0.3) is 0 Å². The maximum atomic E-state index is 12.8. The van der Waals surface area contributed by atoms with Crippen LogP contribution in [-0.2, 0) is 18.3 Å². The van der Waals surface area contributed by atoms with Gasteiger partial charge in [0, 0.05) is 38.2 Å². The standard InChI is InChI=1S/C19H16N4O5/c1-21-8-7-12(19(21)26)13(23(27)28)9-14-20-15-16(22(14)2)18(25)11-6-4-3-5-10(11)17(15)24/h3-6H,7-9H2,1-2H3/b13-12-. The van der Waals surface area contributed by atoms with Crippen molar-refractivity contribution in [2.75, 3.05) is 13.6 Å². The summed E-state index contributed by atoms with van der Waals surface area (Å²) in [6.07, 6.45) is 0.0292. The van der Waals surface area contributed by atoms with E-state index in [0.717, 1.165) is 0 Å². The third kappa shape index (κ3) is 2.47. The average Bonchev–Trinajstić information content (AvgIpc) is 3.18. The number of carbonyl (C=O) groups is 3. The molecule has 1 aromatic carbocycles. The smallest absolute Gasteiger partial charge is 0.262 e. The number of hydrogen-bond acceptors (Lipinski definition) is 6. The molecule has 28 heavy (non-hydrogen) atoms. The number of nitro groups is 1. The van der Waals surface area contributed by atoms with E-state index in [9.17, 15) is 24.5 Å². The number of fused-ring (bicyclic) bond motifs is 2. The Morgan fingerprint density at radius 3 is 2.36 bits per heavy atom. The molecule has 1 aromatic heterocycles. The molecule has 1 aliphatic carbocycles. The molecule has 2 aromatic rings. The number of nitrogens with zero attached hydrogens (tertiary/aromatic N) is 4. The Hall–Kier alpha value is -3.62. The number of allylic oxidation sites excluding steroid dienone is 1. The topological polar surface area (TPSA) is 115 Å². The number of aromatic nitrogens is 2. The molecule has 0 N–H and O–H groups in total. The summed E-state index contributed by atoms with van der Waals surface area (Å²) in [7, 11) is 3.13. The molecule has 0 bridgehead atoms. The van der Waals surface area contributed by atoms with Crippen molar-refractivity contribution in [3.8, 4) is 0 Å². The lowest BCUT2D eigenvalue weighted by Crippen LogP contribution is -2.22. The van der Waals surface area contributed by atoms with E-state index >= 15 is 0 Å². The van der Waals surface area contributed by atoms with Crippen LogP contribution in [0, 0.1) is 10.1 Å². The molecular formula is C19H16N4O5. The zero-order valence-electron chi connectivity index (χ0n) is 15.3. The Morgan fingerprint density at radius 1 is 1.14 bits per heavy atom.